The third-order valence-corrected chi connectivity index (χ3v) is 10.3. The number of carbonyl (C=O) groups excluding carboxylic acids is 1. The van der Waals surface area contributed by atoms with Crippen LogP contribution in [0.5, 0.6) is 11.5 Å². The number of carboxylic acid groups (broad SMARTS) is 1. The maximum absolute atomic E-state index is 12.7. The van der Waals surface area contributed by atoms with Crippen LogP contribution in [0.15, 0.2) is 54.9 Å². The molecule has 6 N–H and O–H groups in total. The average Bonchev–Trinajstić information content (AvgIpc) is 3.58. The topological polar surface area (TPSA) is 177 Å². The number of aromatic amines is 2. The van der Waals surface area contributed by atoms with Crippen LogP contribution in [-0.4, -0.2) is 38.2 Å². The molecule has 6 rings (SSSR count). The Morgan fingerprint density at radius 1 is 0.764 bits per heavy atom. The van der Waals surface area contributed by atoms with E-state index in [9.17, 15) is 19.2 Å². The summed E-state index contributed by atoms with van der Waals surface area (Å²) in [6, 6.07) is 10.9. The maximum atomic E-state index is 12.7. The van der Waals surface area contributed by atoms with Crippen LogP contribution in [0.2, 0.25) is 0 Å². The number of aromatic carboxylic acids is 1. The zero-order valence-electron chi connectivity index (χ0n) is 32.9. The first-order valence-corrected chi connectivity index (χ1v) is 20.0. The lowest BCUT2D eigenvalue weighted by Crippen LogP contribution is -2.28. The summed E-state index contributed by atoms with van der Waals surface area (Å²) >= 11 is 6.84. The van der Waals surface area contributed by atoms with Gasteiger partial charge >= 0.3 is 5.97 Å². The molecule has 13 heteroatoms. The number of hydrogen-bond acceptors (Lipinski definition) is 7. The first kappa shape index (κ1) is 43.5. The van der Waals surface area contributed by atoms with Gasteiger partial charge in [-0.3, -0.25) is 14.4 Å². The zero-order chi connectivity index (χ0) is 40.8. The van der Waals surface area contributed by atoms with Gasteiger partial charge in [0.2, 0.25) is 0 Å². The summed E-state index contributed by atoms with van der Waals surface area (Å²) in [5, 5.41) is 11.8. The van der Waals surface area contributed by atoms with Crippen molar-refractivity contribution < 1.29 is 24.2 Å². The number of halogens is 2. The summed E-state index contributed by atoms with van der Waals surface area (Å²) in [4.78, 5) is 52.9. The van der Waals surface area contributed by atoms with Gasteiger partial charge in [-0.25, -0.2) is 4.79 Å². The Kier molecular flexibility index (Phi) is 14.4. The molecule has 0 saturated carbocycles. The first-order chi connectivity index (χ1) is 25.8. The van der Waals surface area contributed by atoms with Gasteiger partial charge in [0, 0.05) is 65.1 Å². The molecule has 2 aromatic heterocycles. The molecule has 0 atom stereocenters. The van der Waals surface area contributed by atoms with Gasteiger partial charge in [0.25, 0.3) is 17.0 Å². The highest BCUT2D eigenvalue weighted by atomic mass is 79.9. The van der Waals surface area contributed by atoms with Crippen molar-refractivity contribution in [1.82, 2.24) is 15.3 Å². The SMILES string of the molecule is CC1(C)Cc2cc(C(=O)O)cc(Br)c2O1.CCCc1cc(C)[nH]c(=O)c1CN.CCCc1cc(C)[nH]c(=O)c1CNC(=O)c1cc(Br)c2c(c1)CC(C)(C)O2. The van der Waals surface area contributed by atoms with E-state index in [4.69, 9.17) is 20.3 Å². The third kappa shape index (κ3) is 11.2. The van der Waals surface area contributed by atoms with Gasteiger partial charge in [0.1, 0.15) is 22.7 Å². The number of nitrogens with two attached hydrogens (primary N) is 1. The highest BCUT2D eigenvalue weighted by Gasteiger charge is 2.33. The lowest BCUT2D eigenvalue weighted by Gasteiger charge is -2.17. The first-order valence-electron chi connectivity index (χ1n) is 18.5. The van der Waals surface area contributed by atoms with E-state index >= 15 is 0 Å². The lowest BCUT2D eigenvalue weighted by atomic mass is 10.00. The zero-order valence-corrected chi connectivity index (χ0v) is 36.0. The summed E-state index contributed by atoms with van der Waals surface area (Å²) < 4.78 is 13.1. The van der Waals surface area contributed by atoms with Crippen LogP contribution in [0.4, 0.5) is 0 Å². The Labute approximate surface area is 339 Å². The number of H-pyrrole nitrogens is 2. The Morgan fingerprint density at radius 2 is 1.20 bits per heavy atom. The average molecular weight is 885 g/mol. The van der Waals surface area contributed by atoms with E-state index < -0.39 is 5.97 Å². The molecule has 0 aliphatic carbocycles. The summed E-state index contributed by atoms with van der Waals surface area (Å²) in [5.74, 6) is 0.454. The number of carbonyl (C=O) groups is 2. The van der Waals surface area contributed by atoms with Crippen LogP contribution in [0.1, 0.15) is 120 Å². The highest BCUT2D eigenvalue weighted by molar-refractivity contribution is 9.11. The molecule has 2 aliphatic rings. The fraction of sp³-hybridized carbons (Fsp3) is 0.429. The van der Waals surface area contributed by atoms with Gasteiger partial charge in [0.05, 0.1) is 14.5 Å². The monoisotopic (exact) mass is 882 g/mol. The standard InChI is InChI=1S/C21H25BrN2O3.C11H11BrO3.C10H16N2O/c1-5-6-13-7-12(2)24-20(26)16(13)11-23-19(25)14-8-15-10-21(3,4)27-18(15)17(22)9-14;1-11(2)5-7-3-6(10(13)14)4-8(12)9(7)15-11;1-3-4-8-5-7(2)12-10(13)9(8)6-11/h7-9H,5-6,10-11H2,1-4H3,(H,23,25)(H,24,26);3-4H,5H2,1-2H3,(H,13,14);5H,3-4,6,11H2,1-2H3,(H,12,13). The fourth-order valence-corrected chi connectivity index (χ4v) is 8.00. The number of aromatic nitrogens is 2. The molecule has 0 saturated heterocycles. The summed E-state index contributed by atoms with van der Waals surface area (Å²) in [6.45, 7) is 16.5. The van der Waals surface area contributed by atoms with Crippen LogP contribution < -0.4 is 31.6 Å². The van der Waals surface area contributed by atoms with Gasteiger partial charge < -0.3 is 35.6 Å². The Hall–Kier alpha value is -4.20. The van der Waals surface area contributed by atoms with Gasteiger partial charge in [-0.05, 0) is 134 Å². The Bertz CT molecular complexity index is 2190. The molecular formula is C42H52Br2N4O7. The Balaban J connectivity index is 0.000000202. The van der Waals surface area contributed by atoms with Gasteiger partial charge in [-0.2, -0.15) is 0 Å². The van der Waals surface area contributed by atoms with E-state index in [1.54, 1.807) is 18.2 Å². The number of ether oxygens (including phenoxy) is 2. The van der Waals surface area contributed by atoms with E-state index in [0.29, 0.717) is 27.7 Å². The second-order valence-electron chi connectivity index (χ2n) is 15.2. The van der Waals surface area contributed by atoms with Crippen LogP contribution in [-0.2, 0) is 38.8 Å². The summed E-state index contributed by atoms with van der Waals surface area (Å²) in [6.07, 6.45) is 5.21. The number of amides is 1. The molecule has 0 fully saturated rings. The van der Waals surface area contributed by atoms with Gasteiger partial charge in [-0.1, -0.05) is 26.7 Å². The van der Waals surface area contributed by atoms with Crippen LogP contribution in [0.3, 0.4) is 0 Å². The van der Waals surface area contributed by atoms with Crippen molar-refractivity contribution in [3.8, 4) is 11.5 Å². The number of pyridine rings is 2. The van der Waals surface area contributed by atoms with Crippen LogP contribution >= 0.6 is 31.9 Å². The van der Waals surface area contributed by atoms with E-state index in [2.05, 4.69) is 61.0 Å². The maximum Gasteiger partial charge on any atom is 0.335 e. The van der Waals surface area contributed by atoms with Crippen LogP contribution in [0.25, 0.3) is 0 Å². The van der Waals surface area contributed by atoms with Gasteiger partial charge in [0.15, 0.2) is 0 Å². The fourth-order valence-electron chi connectivity index (χ4n) is 6.83. The molecule has 55 heavy (non-hydrogen) atoms. The minimum atomic E-state index is -0.914. The minimum absolute atomic E-state index is 0.0362. The Morgan fingerprint density at radius 3 is 1.65 bits per heavy atom. The molecule has 2 aliphatic heterocycles. The predicted molar refractivity (Wildman–Crippen MR) is 223 cm³/mol. The number of carboxylic acids is 1. The van der Waals surface area contributed by atoms with Crippen molar-refractivity contribution in [3.05, 3.63) is 122 Å². The molecule has 11 nitrogen and oxygen atoms in total. The molecule has 4 aromatic rings. The minimum Gasteiger partial charge on any atom is -0.486 e. The number of fused-ring (bicyclic) bond motifs is 2. The largest absolute Gasteiger partial charge is 0.486 e. The van der Waals surface area contributed by atoms with Crippen LogP contribution in [0, 0.1) is 13.8 Å². The predicted octanol–water partition coefficient (Wildman–Crippen LogP) is 8.00. The molecule has 0 bridgehead atoms. The smallest absolute Gasteiger partial charge is 0.335 e. The molecule has 1 amide bonds. The molecular weight excluding hydrogens is 832 g/mol. The van der Waals surface area contributed by atoms with Crippen molar-refractivity contribution in [2.75, 3.05) is 0 Å². The molecule has 0 radical (unpaired) electrons. The molecule has 0 spiro atoms. The van der Waals surface area contributed by atoms with Crippen molar-refractivity contribution in [1.29, 1.82) is 0 Å². The number of aryl methyl sites for hydroxylation is 4. The molecule has 4 heterocycles. The number of nitrogens with one attached hydrogen (secondary N) is 3. The molecule has 296 valence electrons. The molecule has 2 aromatic carbocycles. The van der Waals surface area contributed by atoms with Crippen molar-refractivity contribution in [2.24, 2.45) is 5.73 Å². The van der Waals surface area contributed by atoms with Crippen molar-refractivity contribution >= 4 is 43.7 Å². The third-order valence-electron chi connectivity index (χ3n) is 9.13. The van der Waals surface area contributed by atoms with E-state index in [1.807, 2.05) is 59.7 Å². The summed E-state index contributed by atoms with van der Waals surface area (Å²) in [5.41, 5.74) is 12.8. The second kappa shape index (κ2) is 18.2. The van der Waals surface area contributed by atoms with Crippen molar-refractivity contribution in [2.45, 2.75) is 118 Å². The van der Waals surface area contributed by atoms with E-state index in [1.165, 1.54) is 0 Å². The normalized spacial score (nSPS) is 14.2. The lowest BCUT2D eigenvalue weighted by molar-refractivity contribution is 0.0696. The number of rotatable bonds is 9. The molecule has 0 unspecified atom stereocenters. The van der Waals surface area contributed by atoms with Gasteiger partial charge in [-0.15, -0.1) is 0 Å². The number of hydrogen-bond donors (Lipinski definition) is 5. The quantitative estimate of drug-likeness (QED) is 0.112. The second-order valence-corrected chi connectivity index (χ2v) is 16.9. The van der Waals surface area contributed by atoms with E-state index in [-0.39, 0.29) is 34.8 Å². The summed E-state index contributed by atoms with van der Waals surface area (Å²) in [7, 11) is 0. The van der Waals surface area contributed by atoms with E-state index in [0.717, 1.165) is 93.7 Å². The highest BCUT2D eigenvalue weighted by Crippen LogP contribution is 2.42. The number of benzene rings is 2. The van der Waals surface area contributed by atoms with Crippen molar-refractivity contribution in [3.63, 3.8) is 0 Å².